The van der Waals surface area contributed by atoms with E-state index in [2.05, 4.69) is 9.71 Å². The number of hydrogen-bond donors (Lipinski definition) is 1. The number of rotatable bonds is 6. The first-order valence-electron chi connectivity index (χ1n) is 9.34. The number of esters is 1. The summed E-state index contributed by atoms with van der Waals surface area (Å²) in [4.78, 5) is 17.1. The lowest BCUT2D eigenvalue weighted by molar-refractivity contribution is 0.0214. The average molecular weight is 449 g/mol. The number of nitrogens with one attached hydrogen (secondary N) is 1. The summed E-state index contributed by atoms with van der Waals surface area (Å²) in [5.41, 5.74) is 1.68. The van der Waals surface area contributed by atoms with Crippen LogP contribution < -0.4 is 4.72 Å². The maximum Gasteiger partial charge on any atom is 0.342 e. The van der Waals surface area contributed by atoms with E-state index < -0.39 is 16.0 Å². The van der Waals surface area contributed by atoms with Gasteiger partial charge in [0.05, 0.1) is 0 Å². The van der Waals surface area contributed by atoms with Crippen LogP contribution in [0.3, 0.4) is 0 Å². The first kappa shape index (κ1) is 20.1. The zero-order chi connectivity index (χ0) is 20.3. The van der Waals surface area contributed by atoms with Crippen LogP contribution in [0.5, 0.6) is 0 Å². The van der Waals surface area contributed by atoms with Crippen molar-refractivity contribution in [3.05, 3.63) is 53.0 Å². The molecular weight excluding hydrogens is 428 g/mol. The summed E-state index contributed by atoms with van der Waals surface area (Å²) in [5.74, 6) is -0.492. The van der Waals surface area contributed by atoms with Crippen LogP contribution in [0.25, 0.3) is 11.1 Å². The van der Waals surface area contributed by atoms with E-state index in [4.69, 9.17) is 4.74 Å². The van der Waals surface area contributed by atoms with Crippen LogP contribution in [-0.2, 0) is 14.8 Å². The second-order valence-corrected chi connectivity index (χ2v) is 10.5. The second-order valence-electron chi connectivity index (χ2n) is 6.79. The minimum atomic E-state index is -3.77. The molecule has 4 rings (SSSR count). The van der Waals surface area contributed by atoms with Crippen LogP contribution in [0, 0.1) is 0 Å². The monoisotopic (exact) mass is 448 g/mol. The van der Waals surface area contributed by atoms with Gasteiger partial charge in [-0.3, -0.25) is 9.71 Å². The Morgan fingerprint density at radius 1 is 1.10 bits per heavy atom. The van der Waals surface area contributed by atoms with E-state index in [1.54, 1.807) is 41.4 Å². The van der Waals surface area contributed by atoms with E-state index in [-0.39, 0.29) is 20.9 Å². The Balaban J connectivity index is 1.69. The third kappa shape index (κ3) is 4.52. The van der Waals surface area contributed by atoms with Crippen molar-refractivity contribution in [3.8, 4) is 11.1 Å². The maximum absolute atomic E-state index is 13.1. The fourth-order valence-corrected chi connectivity index (χ4v) is 6.64. The van der Waals surface area contributed by atoms with Crippen molar-refractivity contribution < 1.29 is 17.9 Å². The van der Waals surface area contributed by atoms with E-state index in [9.17, 15) is 13.2 Å². The van der Waals surface area contributed by atoms with Gasteiger partial charge in [0.1, 0.15) is 20.9 Å². The van der Waals surface area contributed by atoms with Crippen molar-refractivity contribution in [1.29, 1.82) is 0 Å². The Labute approximate surface area is 177 Å². The van der Waals surface area contributed by atoms with Crippen molar-refractivity contribution in [2.45, 2.75) is 42.4 Å². The Hall–Kier alpha value is -2.23. The third-order valence-electron chi connectivity index (χ3n) is 4.80. The molecule has 0 unspecified atom stereocenters. The maximum atomic E-state index is 13.1. The molecule has 0 atom stereocenters. The summed E-state index contributed by atoms with van der Waals surface area (Å²) in [5, 5.41) is 3.74. The number of nitrogens with zero attached hydrogens (tertiary/aromatic N) is 1. The summed E-state index contributed by atoms with van der Waals surface area (Å²) in [6.45, 7) is 0. The molecule has 9 heteroatoms. The Kier molecular flexibility index (Phi) is 5.98. The van der Waals surface area contributed by atoms with Crippen molar-refractivity contribution in [2.75, 3.05) is 4.72 Å². The Morgan fingerprint density at radius 2 is 1.86 bits per heavy atom. The summed E-state index contributed by atoms with van der Waals surface area (Å²) in [7, 11) is -3.77. The normalized spacial score (nSPS) is 15.2. The Bertz CT molecular complexity index is 1070. The van der Waals surface area contributed by atoms with Gasteiger partial charge in [-0.05, 0) is 54.8 Å². The first-order chi connectivity index (χ1) is 14.0. The van der Waals surface area contributed by atoms with Crippen LogP contribution in [0.2, 0.25) is 0 Å². The number of pyridine rings is 1. The van der Waals surface area contributed by atoms with Crippen LogP contribution >= 0.6 is 22.7 Å². The number of anilines is 1. The zero-order valence-corrected chi connectivity index (χ0v) is 18.0. The molecule has 152 valence electrons. The number of carbonyl (C=O) groups is 1. The highest BCUT2D eigenvalue weighted by atomic mass is 32.2. The number of ether oxygens (including phenoxy) is 1. The molecule has 0 radical (unpaired) electrons. The second kappa shape index (κ2) is 8.64. The molecule has 29 heavy (non-hydrogen) atoms. The molecule has 3 aromatic heterocycles. The van der Waals surface area contributed by atoms with Gasteiger partial charge in [0, 0.05) is 23.3 Å². The van der Waals surface area contributed by atoms with Crippen LogP contribution in [0.1, 0.15) is 42.5 Å². The first-order valence-corrected chi connectivity index (χ1v) is 12.6. The van der Waals surface area contributed by atoms with Gasteiger partial charge < -0.3 is 4.74 Å². The summed E-state index contributed by atoms with van der Waals surface area (Å²) >= 11 is 2.30. The predicted molar refractivity (Wildman–Crippen MR) is 115 cm³/mol. The molecule has 0 bridgehead atoms. The SMILES string of the molecule is O=C(OC1CCCCC1)c1c(-c2ccncc2)csc1NS(=O)(=O)c1cccs1. The van der Waals surface area contributed by atoms with Gasteiger partial charge >= 0.3 is 5.97 Å². The van der Waals surface area contributed by atoms with E-state index in [1.807, 2.05) is 0 Å². The third-order valence-corrected chi connectivity index (χ3v) is 8.57. The highest BCUT2D eigenvalue weighted by molar-refractivity contribution is 7.94. The molecule has 1 aliphatic rings. The van der Waals surface area contributed by atoms with Crippen molar-refractivity contribution >= 4 is 43.7 Å². The topological polar surface area (TPSA) is 85.4 Å². The number of hydrogen-bond acceptors (Lipinski definition) is 7. The quantitative estimate of drug-likeness (QED) is 0.526. The fourth-order valence-electron chi connectivity index (χ4n) is 3.36. The largest absolute Gasteiger partial charge is 0.459 e. The van der Waals surface area contributed by atoms with Crippen LogP contribution in [0.4, 0.5) is 5.00 Å². The number of thiophene rings is 2. The Morgan fingerprint density at radius 3 is 2.55 bits per heavy atom. The predicted octanol–water partition coefficient (Wildman–Crippen LogP) is 5.16. The van der Waals surface area contributed by atoms with E-state index >= 15 is 0 Å². The van der Waals surface area contributed by atoms with Crippen molar-refractivity contribution in [2.24, 2.45) is 0 Å². The molecular formula is C20H20N2O4S3. The van der Waals surface area contributed by atoms with E-state index in [1.165, 1.54) is 17.4 Å². The van der Waals surface area contributed by atoms with Gasteiger partial charge in [-0.2, -0.15) is 0 Å². The molecule has 1 saturated carbocycles. The molecule has 0 spiro atoms. The number of sulfonamides is 1. The van der Waals surface area contributed by atoms with Crippen LogP contribution in [-0.4, -0.2) is 25.5 Å². The minimum Gasteiger partial charge on any atom is -0.459 e. The lowest BCUT2D eigenvalue weighted by Gasteiger charge is -2.22. The van der Waals surface area contributed by atoms with Crippen LogP contribution in [0.15, 0.2) is 51.6 Å². The molecule has 0 amide bonds. The summed E-state index contributed by atoms with van der Waals surface area (Å²) in [6, 6.07) is 6.78. The number of carbonyl (C=O) groups excluding carboxylic acids is 1. The molecule has 3 aromatic rings. The minimum absolute atomic E-state index is 0.122. The standard InChI is InChI=1S/C20H20N2O4S3/c23-20(26-15-5-2-1-3-6-15)18-16(14-8-10-21-11-9-14)13-28-19(18)22-29(24,25)17-7-4-12-27-17/h4,7-13,15,22H,1-3,5-6H2. The van der Waals surface area contributed by atoms with Crippen molar-refractivity contribution in [3.63, 3.8) is 0 Å². The molecule has 0 aliphatic heterocycles. The van der Waals surface area contributed by atoms with Gasteiger partial charge in [0.2, 0.25) is 0 Å². The van der Waals surface area contributed by atoms with E-state index in [0.717, 1.165) is 49.0 Å². The fraction of sp³-hybridized carbons (Fsp3) is 0.300. The van der Waals surface area contributed by atoms with Gasteiger partial charge in [0.15, 0.2) is 0 Å². The highest BCUT2D eigenvalue weighted by Gasteiger charge is 2.28. The number of aromatic nitrogens is 1. The molecule has 3 heterocycles. The van der Waals surface area contributed by atoms with Gasteiger partial charge in [0.25, 0.3) is 10.0 Å². The van der Waals surface area contributed by atoms with Gasteiger partial charge in [-0.1, -0.05) is 12.5 Å². The smallest absolute Gasteiger partial charge is 0.342 e. The molecule has 0 saturated heterocycles. The lowest BCUT2D eigenvalue weighted by Crippen LogP contribution is -2.22. The molecule has 1 N–H and O–H groups in total. The average Bonchev–Trinajstić information content (AvgIpc) is 3.40. The van der Waals surface area contributed by atoms with Crippen molar-refractivity contribution in [1.82, 2.24) is 4.98 Å². The molecule has 6 nitrogen and oxygen atoms in total. The van der Waals surface area contributed by atoms with Gasteiger partial charge in [-0.25, -0.2) is 13.2 Å². The summed E-state index contributed by atoms with van der Waals surface area (Å²) < 4.78 is 34.0. The molecule has 0 aromatic carbocycles. The summed E-state index contributed by atoms with van der Waals surface area (Å²) in [6.07, 6.45) is 8.07. The van der Waals surface area contributed by atoms with Gasteiger partial charge in [-0.15, -0.1) is 22.7 Å². The van der Waals surface area contributed by atoms with E-state index in [0.29, 0.717) is 5.56 Å². The zero-order valence-electron chi connectivity index (χ0n) is 15.5. The highest BCUT2D eigenvalue weighted by Crippen LogP contribution is 2.38. The lowest BCUT2D eigenvalue weighted by atomic mass is 9.97. The molecule has 1 aliphatic carbocycles. The molecule has 1 fully saturated rings.